The summed E-state index contributed by atoms with van der Waals surface area (Å²) in [5.41, 5.74) is 0. The number of piperidine rings is 1. The first-order chi connectivity index (χ1) is 11.9. The van der Waals surface area contributed by atoms with Gasteiger partial charge in [0.2, 0.25) is 15.9 Å². The molecule has 0 saturated carbocycles. The molecule has 0 aromatic heterocycles. The molecule has 1 aromatic carbocycles. The zero-order chi connectivity index (χ0) is 18.4. The second kappa shape index (κ2) is 10.1. The molecule has 0 aliphatic carbocycles. The van der Waals surface area contributed by atoms with E-state index >= 15 is 0 Å². The Morgan fingerprint density at radius 2 is 1.88 bits per heavy atom. The Kier molecular flexibility index (Phi) is 8.88. The van der Waals surface area contributed by atoms with Crippen LogP contribution in [-0.2, 0) is 14.8 Å². The van der Waals surface area contributed by atoms with E-state index in [4.69, 9.17) is 0 Å². The Balaban J connectivity index is 0.00000338. The lowest BCUT2D eigenvalue weighted by Gasteiger charge is -2.30. The maximum absolute atomic E-state index is 13.8. The summed E-state index contributed by atoms with van der Waals surface area (Å²) in [6, 6.07) is 2.36. The van der Waals surface area contributed by atoms with Crippen molar-refractivity contribution in [3.8, 4) is 0 Å². The van der Waals surface area contributed by atoms with Crippen molar-refractivity contribution in [3.63, 3.8) is 0 Å². The van der Waals surface area contributed by atoms with Crippen molar-refractivity contribution in [1.29, 1.82) is 0 Å². The number of halogens is 3. The van der Waals surface area contributed by atoms with E-state index in [0.29, 0.717) is 25.5 Å². The first-order valence-corrected chi connectivity index (χ1v) is 9.67. The third-order valence-corrected chi connectivity index (χ3v) is 6.15. The second-order valence-corrected chi connectivity index (χ2v) is 7.91. The first-order valence-electron chi connectivity index (χ1n) is 8.23. The molecule has 26 heavy (non-hydrogen) atoms. The number of sulfonamides is 1. The quantitative estimate of drug-likeness (QED) is 0.667. The zero-order valence-electron chi connectivity index (χ0n) is 14.5. The number of amides is 1. The van der Waals surface area contributed by atoms with E-state index in [1.54, 1.807) is 0 Å². The summed E-state index contributed by atoms with van der Waals surface area (Å²) in [6.45, 7) is 1.57. The van der Waals surface area contributed by atoms with Crippen molar-refractivity contribution in [3.05, 3.63) is 29.8 Å². The van der Waals surface area contributed by atoms with Crippen LogP contribution in [0, 0.1) is 17.6 Å². The van der Waals surface area contributed by atoms with Gasteiger partial charge in [-0.2, -0.15) is 4.31 Å². The van der Waals surface area contributed by atoms with E-state index in [9.17, 15) is 22.0 Å². The summed E-state index contributed by atoms with van der Waals surface area (Å²) in [5.74, 6) is -2.15. The number of hydrogen-bond acceptors (Lipinski definition) is 4. The maximum Gasteiger partial charge on any atom is 0.246 e. The standard InChI is InChI=1S/C16H23F2N3O3S.ClH/c1-19-7-2-8-20-16(22)12-5-9-21(10-6-12)25(23,24)15-11-13(17)3-4-14(15)18;/h3-4,11-12,19H,2,5-10H2,1H3,(H,20,22);1H. The van der Waals surface area contributed by atoms with Crippen LogP contribution in [0.2, 0.25) is 0 Å². The molecular formula is C16H24ClF2N3O3S. The first kappa shape index (κ1) is 22.8. The molecule has 2 rings (SSSR count). The predicted molar refractivity (Wildman–Crippen MR) is 96.6 cm³/mol. The number of hydrogen-bond donors (Lipinski definition) is 2. The van der Waals surface area contributed by atoms with Crippen molar-refractivity contribution in [2.75, 3.05) is 33.2 Å². The Hall–Kier alpha value is -1.29. The fourth-order valence-corrected chi connectivity index (χ4v) is 4.34. The van der Waals surface area contributed by atoms with Crippen LogP contribution < -0.4 is 10.6 Å². The third-order valence-electron chi connectivity index (χ3n) is 4.24. The summed E-state index contributed by atoms with van der Waals surface area (Å²) in [7, 11) is -2.28. The van der Waals surface area contributed by atoms with Gasteiger partial charge in [0.1, 0.15) is 16.5 Å². The molecule has 0 atom stereocenters. The van der Waals surface area contributed by atoms with Gasteiger partial charge in [-0.3, -0.25) is 4.79 Å². The Labute approximate surface area is 158 Å². The molecular weight excluding hydrogens is 388 g/mol. The van der Waals surface area contributed by atoms with Gasteiger partial charge in [0.15, 0.2) is 0 Å². The molecule has 0 unspecified atom stereocenters. The Morgan fingerprint density at radius 3 is 2.50 bits per heavy atom. The lowest BCUT2D eigenvalue weighted by Crippen LogP contribution is -2.43. The highest BCUT2D eigenvalue weighted by atomic mass is 35.5. The van der Waals surface area contributed by atoms with Gasteiger partial charge in [0.05, 0.1) is 0 Å². The largest absolute Gasteiger partial charge is 0.356 e. The van der Waals surface area contributed by atoms with Crippen molar-refractivity contribution in [2.45, 2.75) is 24.2 Å². The molecule has 1 heterocycles. The lowest BCUT2D eigenvalue weighted by molar-refractivity contribution is -0.126. The highest BCUT2D eigenvalue weighted by molar-refractivity contribution is 7.89. The van der Waals surface area contributed by atoms with E-state index in [1.165, 1.54) is 0 Å². The molecule has 1 saturated heterocycles. The van der Waals surface area contributed by atoms with Crippen LogP contribution in [0.25, 0.3) is 0 Å². The Bertz CT molecular complexity index is 711. The van der Waals surface area contributed by atoms with Crippen LogP contribution in [0.15, 0.2) is 23.1 Å². The number of carbonyl (C=O) groups excluding carboxylic acids is 1. The summed E-state index contributed by atoms with van der Waals surface area (Å²) in [5, 5.41) is 5.82. The van der Waals surface area contributed by atoms with Crippen LogP contribution in [0.4, 0.5) is 8.78 Å². The topological polar surface area (TPSA) is 78.5 Å². The summed E-state index contributed by atoms with van der Waals surface area (Å²) >= 11 is 0. The highest BCUT2D eigenvalue weighted by Gasteiger charge is 2.33. The minimum Gasteiger partial charge on any atom is -0.356 e. The van der Waals surface area contributed by atoms with Crippen molar-refractivity contribution in [2.24, 2.45) is 5.92 Å². The monoisotopic (exact) mass is 411 g/mol. The molecule has 6 nitrogen and oxygen atoms in total. The molecule has 0 spiro atoms. The average Bonchev–Trinajstić information content (AvgIpc) is 2.60. The third kappa shape index (κ3) is 5.60. The van der Waals surface area contributed by atoms with Gasteiger partial charge in [-0.1, -0.05) is 0 Å². The average molecular weight is 412 g/mol. The minimum absolute atomic E-state index is 0. The Morgan fingerprint density at radius 1 is 1.23 bits per heavy atom. The molecule has 1 amide bonds. The van der Waals surface area contributed by atoms with E-state index in [-0.39, 0.29) is 37.3 Å². The smallest absolute Gasteiger partial charge is 0.246 e. The number of rotatable bonds is 7. The summed E-state index contributed by atoms with van der Waals surface area (Å²) in [6.07, 6.45) is 1.52. The molecule has 1 aromatic rings. The van der Waals surface area contributed by atoms with Gasteiger partial charge < -0.3 is 10.6 Å². The van der Waals surface area contributed by atoms with Gasteiger partial charge in [-0.05, 0) is 51.1 Å². The summed E-state index contributed by atoms with van der Waals surface area (Å²) < 4.78 is 53.2. The van der Waals surface area contributed by atoms with Crippen LogP contribution in [0.3, 0.4) is 0 Å². The fourth-order valence-electron chi connectivity index (χ4n) is 2.79. The van der Waals surface area contributed by atoms with Gasteiger partial charge in [0.25, 0.3) is 0 Å². The number of benzene rings is 1. The van der Waals surface area contributed by atoms with Crippen molar-refractivity contribution < 1.29 is 22.0 Å². The maximum atomic E-state index is 13.8. The van der Waals surface area contributed by atoms with Crippen LogP contribution in [0.1, 0.15) is 19.3 Å². The van der Waals surface area contributed by atoms with E-state index in [0.717, 1.165) is 29.4 Å². The SMILES string of the molecule is CNCCCNC(=O)C1CCN(S(=O)(=O)c2cc(F)ccc2F)CC1.Cl. The lowest BCUT2D eigenvalue weighted by atomic mass is 9.97. The summed E-state index contributed by atoms with van der Waals surface area (Å²) in [4.78, 5) is 11.4. The second-order valence-electron chi connectivity index (χ2n) is 6.00. The van der Waals surface area contributed by atoms with Gasteiger partial charge >= 0.3 is 0 Å². The van der Waals surface area contributed by atoms with E-state index in [2.05, 4.69) is 10.6 Å². The number of nitrogens with zero attached hydrogens (tertiary/aromatic N) is 1. The zero-order valence-corrected chi connectivity index (χ0v) is 16.1. The van der Waals surface area contributed by atoms with Gasteiger partial charge in [-0.25, -0.2) is 17.2 Å². The molecule has 1 fully saturated rings. The molecule has 1 aliphatic heterocycles. The molecule has 0 radical (unpaired) electrons. The minimum atomic E-state index is -4.11. The molecule has 2 N–H and O–H groups in total. The van der Waals surface area contributed by atoms with E-state index < -0.39 is 26.6 Å². The molecule has 148 valence electrons. The molecule has 0 bridgehead atoms. The van der Waals surface area contributed by atoms with E-state index in [1.807, 2.05) is 7.05 Å². The van der Waals surface area contributed by atoms with Crippen LogP contribution in [-0.4, -0.2) is 51.9 Å². The number of carbonyl (C=O) groups is 1. The van der Waals surface area contributed by atoms with Crippen LogP contribution >= 0.6 is 12.4 Å². The normalized spacial score (nSPS) is 16.1. The van der Waals surface area contributed by atoms with Crippen LogP contribution in [0.5, 0.6) is 0 Å². The predicted octanol–water partition coefficient (Wildman–Crippen LogP) is 1.51. The van der Waals surface area contributed by atoms with Gasteiger partial charge in [-0.15, -0.1) is 12.4 Å². The molecule has 10 heteroatoms. The van der Waals surface area contributed by atoms with Gasteiger partial charge in [0, 0.05) is 25.6 Å². The highest BCUT2D eigenvalue weighted by Crippen LogP contribution is 2.26. The van der Waals surface area contributed by atoms with Crippen molar-refractivity contribution in [1.82, 2.24) is 14.9 Å². The fraction of sp³-hybridized carbons (Fsp3) is 0.562. The molecule has 1 aliphatic rings. The number of nitrogens with one attached hydrogen (secondary N) is 2. The van der Waals surface area contributed by atoms with Crippen molar-refractivity contribution >= 4 is 28.3 Å².